The van der Waals surface area contributed by atoms with Gasteiger partial charge >= 0.3 is 0 Å². The van der Waals surface area contributed by atoms with Gasteiger partial charge in [-0.2, -0.15) is 9.78 Å². The van der Waals surface area contributed by atoms with Gasteiger partial charge in [0.15, 0.2) is 5.82 Å². The van der Waals surface area contributed by atoms with Crippen molar-refractivity contribution in [1.82, 2.24) is 19.8 Å². The third-order valence-electron chi connectivity index (χ3n) is 5.17. The number of anilines is 1. The minimum Gasteiger partial charge on any atom is -0.372 e. The molecule has 1 aliphatic rings. The number of aliphatic imine (C=N–C) groups is 1. The fraction of sp³-hybridized carbons (Fsp3) is 0.545. The number of aromatic nitrogens is 3. The summed E-state index contributed by atoms with van der Waals surface area (Å²) in [5.74, 6) is 1.61. The Morgan fingerprint density at radius 1 is 0.931 bits per heavy atom. The van der Waals surface area contributed by atoms with Gasteiger partial charge in [-0.15, -0.1) is 10.2 Å². The number of nitrogens with zero attached hydrogens (tertiary/aromatic N) is 7. The highest BCUT2D eigenvalue weighted by atomic mass is 15.5. The Morgan fingerprint density at radius 3 is 2.17 bits per heavy atom. The third-order valence-corrected chi connectivity index (χ3v) is 5.17. The zero-order chi connectivity index (χ0) is 20.8. The first kappa shape index (κ1) is 21.2. The van der Waals surface area contributed by atoms with Gasteiger partial charge < -0.3 is 4.90 Å². The SMILES string of the molecule is CCCN(CCC)Cc1nnc2n1N=C(C)C2=Nc1ccc(N(CC)CC)cc1. The largest absolute Gasteiger partial charge is 0.372 e. The zero-order valence-electron chi connectivity index (χ0n) is 18.4. The van der Waals surface area contributed by atoms with Crippen molar-refractivity contribution < 1.29 is 0 Å². The number of hydrogen-bond acceptors (Lipinski definition) is 6. The fourth-order valence-electron chi connectivity index (χ4n) is 3.71. The van der Waals surface area contributed by atoms with E-state index in [0.29, 0.717) is 0 Å². The molecule has 7 heteroatoms. The Kier molecular flexibility index (Phi) is 7.14. The fourth-order valence-corrected chi connectivity index (χ4v) is 3.71. The van der Waals surface area contributed by atoms with Gasteiger partial charge in [0.25, 0.3) is 0 Å². The van der Waals surface area contributed by atoms with Crippen LogP contribution in [-0.4, -0.2) is 57.4 Å². The summed E-state index contributed by atoms with van der Waals surface area (Å²) >= 11 is 0. The maximum atomic E-state index is 4.83. The number of fused-ring (bicyclic) bond motifs is 1. The van der Waals surface area contributed by atoms with Crippen LogP contribution < -0.4 is 4.90 Å². The Balaban J connectivity index is 1.82. The lowest BCUT2D eigenvalue weighted by atomic mass is 10.2. The molecule has 1 aliphatic heterocycles. The zero-order valence-corrected chi connectivity index (χ0v) is 18.4. The smallest absolute Gasteiger partial charge is 0.205 e. The van der Waals surface area contributed by atoms with Crippen LogP contribution in [-0.2, 0) is 6.54 Å². The van der Waals surface area contributed by atoms with E-state index in [2.05, 4.69) is 77.1 Å². The third kappa shape index (κ3) is 4.72. The molecule has 2 aromatic rings. The molecule has 2 heterocycles. The summed E-state index contributed by atoms with van der Waals surface area (Å²) in [6, 6.07) is 8.35. The van der Waals surface area contributed by atoms with Crippen molar-refractivity contribution >= 4 is 22.8 Å². The van der Waals surface area contributed by atoms with E-state index in [1.807, 2.05) is 11.6 Å². The van der Waals surface area contributed by atoms with Crippen LogP contribution in [0.25, 0.3) is 0 Å². The predicted octanol–water partition coefficient (Wildman–Crippen LogP) is 4.10. The van der Waals surface area contributed by atoms with E-state index in [-0.39, 0.29) is 0 Å². The molecule has 0 radical (unpaired) electrons. The van der Waals surface area contributed by atoms with Gasteiger partial charge in [0.2, 0.25) is 5.82 Å². The molecule has 0 fully saturated rings. The second kappa shape index (κ2) is 9.78. The van der Waals surface area contributed by atoms with Gasteiger partial charge in [-0.05, 0) is 71.0 Å². The molecule has 0 spiro atoms. The van der Waals surface area contributed by atoms with E-state index in [1.165, 1.54) is 5.69 Å². The van der Waals surface area contributed by atoms with Crippen molar-refractivity contribution in [2.45, 2.75) is 54.0 Å². The summed E-state index contributed by atoms with van der Waals surface area (Å²) in [6.07, 6.45) is 2.25. The molecular formula is C22H33N7. The number of rotatable bonds is 10. The first-order valence-electron chi connectivity index (χ1n) is 10.8. The van der Waals surface area contributed by atoms with Crippen molar-refractivity contribution in [3.8, 4) is 0 Å². The molecule has 156 valence electrons. The standard InChI is InChI=1S/C22H33N7/c1-6-14-27(15-7-2)16-20-24-25-22-21(17(5)26-29(20)22)23-18-10-12-19(13-11-18)28(8-3)9-4/h10-13H,6-9,14-16H2,1-5H3. The van der Waals surface area contributed by atoms with Crippen LogP contribution in [0.15, 0.2) is 34.4 Å². The first-order chi connectivity index (χ1) is 14.1. The van der Waals surface area contributed by atoms with Gasteiger partial charge in [-0.25, -0.2) is 4.99 Å². The molecule has 0 unspecified atom stereocenters. The topological polar surface area (TPSA) is 61.9 Å². The Bertz CT molecular complexity index is 854. The first-order valence-corrected chi connectivity index (χ1v) is 10.8. The molecule has 0 aliphatic carbocycles. The summed E-state index contributed by atoms with van der Waals surface area (Å²) in [4.78, 5) is 9.55. The highest BCUT2D eigenvalue weighted by molar-refractivity contribution is 6.48. The van der Waals surface area contributed by atoms with Crippen molar-refractivity contribution in [2.24, 2.45) is 10.1 Å². The molecule has 29 heavy (non-hydrogen) atoms. The monoisotopic (exact) mass is 395 g/mol. The molecular weight excluding hydrogens is 362 g/mol. The minimum atomic E-state index is 0.735. The molecule has 0 N–H and O–H groups in total. The van der Waals surface area contributed by atoms with Crippen LogP contribution in [0.1, 0.15) is 59.1 Å². The average Bonchev–Trinajstić information content (AvgIpc) is 3.24. The predicted molar refractivity (Wildman–Crippen MR) is 121 cm³/mol. The van der Waals surface area contributed by atoms with Gasteiger partial charge in [-0.3, -0.25) is 4.90 Å². The van der Waals surface area contributed by atoms with Crippen LogP contribution in [0.3, 0.4) is 0 Å². The van der Waals surface area contributed by atoms with Crippen LogP contribution in [0, 0.1) is 0 Å². The van der Waals surface area contributed by atoms with Crippen LogP contribution in [0.2, 0.25) is 0 Å². The van der Waals surface area contributed by atoms with Crippen LogP contribution in [0.5, 0.6) is 0 Å². The van der Waals surface area contributed by atoms with Gasteiger partial charge in [0.1, 0.15) is 5.71 Å². The molecule has 0 saturated carbocycles. The van der Waals surface area contributed by atoms with Crippen LogP contribution >= 0.6 is 0 Å². The summed E-state index contributed by atoms with van der Waals surface area (Å²) in [7, 11) is 0. The maximum Gasteiger partial charge on any atom is 0.205 e. The maximum absolute atomic E-state index is 4.83. The van der Waals surface area contributed by atoms with Crippen molar-refractivity contribution in [1.29, 1.82) is 0 Å². The highest BCUT2D eigenvalue weighted by Gasteiger charge is 2.26. The lowest BCUT2D eigenvalue weighted by Gasteiger charge is -2.20. The van der Waals surface area contributed by atoms with E-state index < -0.39 is 0 Å². The second-order valence-electron chi connectivity index (χ2n) is 7.36. The molecule has 0 amide bonds. The average molecular weight is 396 g/mol. The van der Waals surface area contributed by atoms with E-state index in [0.717, 1.165) is 74.3 Å². The molecule has 0 bridgehead atoms. The normalized spacial score (nSPS) is 14.6. The second-order valence-corrected chi connectivity index (χ2v) is 7.36. The summed E-state index contributed by atoms with van der Waals surface area (Å²) in [5.41, 5.74) is 3.80. The van der Waals surface area contributed by atoms with Gasteiger partial charge in [-0.1, -0.05) is 13.8 Å². The number of hydrogen-bond donors (Lipinski definition) is 0. The van der Waals surface area contributed by atoms with Crippen LogP contribution in [0.4, 0.5) is 11.4 Å². The number of benzene rings is 1. The Labute approximate surface area is 174 Å². The highest BCUT2D eigenvalue weighted by Crippen LogP contribution is 2.22. The Morgan fingerprint density at radius 2 is 1.59 bits per heavy atom. The molecule has 0 atom stereocenters. The molecule has 0 saturated heterocycles. The lowest BCUT2D eigenvalue weighted by molar-refractivity contribution is 0.257. The molecule has 3 rings (SSSR count). The minimum absolute atomic E-state index is 0.735. The molecule has 7 nitrogen and oxygen atoms in total. The van der Waals surface area contributed by atoms with Gasteiger partial charge in [0, 0.05) is 18.8 Å². The summed E-state index contributed by atoms with van der Waals surface area (Å²) < 4.78 is 1.86. The lowest BCUT2D eigenvalue weighted by Crippen LogP contribution is -2.26. The van der Waals surface area contributed by atoms with Crippen molar-refractivity contribution in [3.63, 3.8) is 0 Å². The van der Waals surface area contributed by atoms with E-state index in [1.54, 1.807) is 0 Å². The van der Waals surface area contributed by atoms with Crippen molar-refractivity contribution in [2.75, 3.05) is 31.1 Å². The van der Waals surface area contributed by atoms with Crippen molar-refractivity contribution in [3.05, 3.63) is 35.9 Å². The molecule has 1 aromatic carbocycles. The van der Waals surface area contributed by atoms with E-state index in [9.17, 15) is 0 Å². The quantitative estimate of drug-likeness (QED) is 0.607. The van der Waals surface area contributed by atoms with Gasteiger partial charge in [0.05, 0.1) is 17.9 Å². The van der Waals surface area contributed by atoms with E-state index in [4.69, 9.17) is 4.99 Å². The summed E-state index contributed by atoms with van der Waals surface area (Å²) in [5, 5.41) is 13.5. The van der Waals surface area contributed by atoms with E-state index >= 15 is 0 Å². The Hall–Kier alpha value is -2.54. The molecule has 1 aromatic heterocycles. The summed E-state index contributed by atoms with van der Waals surface area (Å²) in [6.45, 7) is 15.6.